The number of methoxy groups -OCH3 is 3. The first-order valence-electron chi connectivity index (χ1n) is 37.5. The molecule has 15 rings (SSSR count). The van der Waals surface area contributed by atoms with Crippen molar-refractivity contribution in [2.24, 2.45) is 0 Å². The highest BCUT2D eigenvalue weighted by molar-refractivity contribution is 5.99. The minimum atomic E-state index is -0.227. The Bertz CT molecular complexity index is 4490. The molecule has 9 heterocycles. The number of nitrogens with zero attached hydrogens (tertiary/aromatic N) is 12. The Morgan fingerprint density at radius 2 is 0.796 bits per heavy atom. The third-order valence-electron chi connectivity index (χ3n) is 19.0. The lowest BCUT2D eigenvalue weighted by atomic mass is 10.0. The Labute approximate surface area is 632 Å². The predicted molar refractivity (Wildman–Crippen MR) is 421 cm³/mol. The van der Waals surface area contributed by atoms with E-state index in [-0.39, 0.29) is 35.1 Å². The van der Waals surface area contributed by atoms with Gasteiger partial charge in [-0.05, 0) is 176 Å². The van der Waals surface area contributed by atoms with Crippen molar-refractivity contribution >= 4 is 80.1 Å². The van der Waals surface area contributed by atoms with Gasteiger partial charge in [0.15, 0.2) is 22.7 Å². The fraction of sp³-hybridized carbons (Fsp3) is 0.487. The van der Waals surface area contributed by atoms with Crippen molar-refractivity contribution in [1.82, 2.24) is 50.2 Å². The summed E-state index contributed by atoms with van der Waals surface area (Å²) in [5.74, 6) is 4.38. The maximum Gasteiger partial charge on any atom is 0.254 e. The van der Waals surface area contributed by atoms with Gasteiger partial charge >= 0.3 is 0 Å². The van der Waals surface area contributed by atoms with Gasteiger partial charge in [-0.1, -0.05) is 20.8 Å². The standard InChI is InChI=1S/C22H24N6O3.C22H23N5O3.C21H23N5O3.3C5H12O/c1-24-20(29)15-11-13(3-6-17(15)30-2)16-5-4-14-18(23)26-21(27-19(14)25-16)28-9-10-31-22(12-28)7-8-22;1-13(28)16-11-14(3-6-18(16)29-2)17-5-4-15-19(23)25-21(26-20(15)24-17)27-9-10-30-22(12-27)7-8-22;1-28-17-5-2-13(10-14(17)11-27)16-4-3-15-18(22)24-20(25-19(15)23-16)26-8-9-29-21(12-26)6-7-21;3*1-3-5-6-4-2/h3-6,11H,7-10,12H2,1-2H3,(H,24,29)(H2,23,25,26,27);3-6,11H,7-10,12H2,1-2H3,(H2,23,24,25,26);2-5,10,27H,6-9,11-12H2,1H3,(H2,22,23,24,25);3*3-5H2,1-2H3. The number of Topliss-reactive ketones (excluding diaryl/α,β-unsaturated/α-hetero) is 1. The van der Waals surface area contributed by atoms with E-state index in [2.05, 4.69) is 55.7 Å². The third kappa shape index (κ3) is 20.5. The molecular weight excluding hydrogens is 1380 g/mol. The van der Waals surface area contributed by atoms with Crippen LogP contribution in [0.25, 0.3) is 66.9 Å². The molecule has 3 spiro atoms. The average molecular weight is 1480 g/mol. The van der Waals surface area contributed by atoms with Crippen molar-refractivity contribution < 1.29 is 57.3 Å². The number of aliphatic hydroxyl groups is 1. The highest BCUT2D eigenvalue weighted by Crippen LogP contribution is 2.45. The number of fused-ring (bicyclic) bond motifs is 3. The number of benzene rings is 3. The van der Waals surface area contributed by atoms with E-state index in [1.165, 1.54) is 14.0 Å². The largest absolute Gasteiger partial charge is 0.496 e. The van der Waals surface area contributed by atoms with Crippen LogP contribution in [0.15, 0.2) is 91.0 Å². The van der Waals surface area contributed by atoms with Crippen LogP contribution in [0.3, 0.4) is 0 Å². The third-order valence-corrected chi connectivity index (χ3v) is 19.0. The number of hydrogen-bond acceptors (Lipinski definition) is 27. The molecule has 108 heavy (non-hydrogen) atoms. The van der Waals surface area contributed by atoms with Gasteiger partial charge in [0.2, 0.25) is 17.8 Å². The van der Waals surface area contributed by atoms with Gasteiger partial charge in [-0.25, -0.2) is 15.0 Å². The number of aliphatic hydroxyl groups excluding tert-OH is 1. The van der Waals surface area contributed by atoms with Gasteiger partial charge in [0.25, 0.3) is 5.91 Å². The van der Waals surface area contributed by atoms with Crippen molar-refractivity contribution in [1.29, 1.82) is 0 Å². The lowest BCUT2D eigenvalue weighted by molar-refractivity contribution is 0.0199. The fourth-order valence-electron chi connectivity index (χ4n) is 12.6. The zero-order valence-corrected chi connectivity index (χ0v) is 64.4. The number of nitrogens with two attached hydrogens (primary N) is 3. The summed E-state index contributed by atoms with van der Waals surface area (Å²) in [6, 6.07) is 27.7. The van der Waals surface area contributed by atoms with Crippen LogP contribution < -0.4 is 51.4 Å². The molecule has 8 N–H and O–H groups in total. The first-order chi connectivity index (χ1) is 52.3. The van der Waals surface area contributed by atoms with E-state index in [4.69, 9.17) is 89.7 Å². The highest BCUT2D eigenvalue weighted by atomic mass is 16.5. The van der Waals surface area contributed by atoms with Gasteiger partial charge in [0, 0.05) is 108 Å². The Morgan fingerprint density at radius 3 is 1.09 bits per heavy atom. The predicted octanol–water partition coefficient (Wildman–Crippen LogP) is 11.3. The number of nitrogen functional groups attached to an aromatic ring is 3. The monoisotopic (exact) mass is 1480 g/mol. The van der Waals surface area contributed by atoms with Gasteiger partial charge in [-0.3, -0.25) is 9.59 Å². The molecule has 3 aliphatic carbocycles. The molecule has 9 aromatic rings. The van der Waals surface area contributed by atoms with E-state index in [1.54, 1.807) is 45.5 Å². The molecule has 6 aromatic heterocycles. The van der Waals surface area contributed by atoms with Gasteiger partial charge in [0.05, 0.1) is 109 Å². The van der Waals surface area contributed by atoms with Crippen LogP contribution in [-0.4, -0.2) is 206 Å². The lowest BCUT2D eigenvalue weighted by Crippen LogP contribution is -2.44. The number of carbonyl (C=O) groups is 2. The molecule has 3 aromatic carbocycles. The molecule has 3 aliphatic heterocycles. The zero-order chi connectivity index (χ0) is 77.0. The summed E-state index contributed by atoms with van der Waals surface area (Å²) in [7, 11) is 6.26. The second-order valence-electron chi connectivity index (χ2n) is 27.0. The van der Waals surface area contributed by atoms with Gasteiger partial charge in [-0.2, -0.15) is 29.9 Å². The average Bonchev–Trinajstić information content (AvgIpc) is 1.31. The SMILES string of the molecule is CCCOCC.CCCOCC.CCCOCC.CNC(=O)c1cc(-c2ccc3c(N)nc(N4CCOC5(CC5)C4)nc3n2)ccc1OC.COc1ccc(-c2ccc3c(N)nc(N4CCOC5(CC5)C4)nc3n2)cc1C(C)=O.COc1ccc(-c2ccc3c(N)nc(N4CCOC5(CC5)C4)nc3n2)cc1CO. The summed E-state index contributed by atoms with van der Waals surface area (Å²) in [6.45, 7) is 25.6. The number of morpholine rings is 3. The number of nitrogens with one attached hydrogen (secondary N) is 1. The number of ether oxygens (including phenoxy) is 9. The van der Waals surface area contributed by atoms with Crippen LogP contribution in [0, 0.1) is 0 Å². The molecule has 578 valence electrons. The smallest absolute Gasteiger partial charge is 0.254 e. The van der Waals surface area contributed by atoms with E-state index < -0.39 is 0 Å². The molecule has 6 fully saturated rings. The number of pyridine rings is 3. The summed E-state index contributed by atoms with van der Waals surface area (Å²) in [4.78, 5) is 72.5. The van der Waals surface area contributed by atoms with E-state index in [1.807, 2.05) is 87.5 Å². The van der Waals surface area contributed by atoms with Crippen LogP contribution in [0.4, 0.5) is 35.3 Å². The summed E-state index contributed by atoms with van der Waals surface area (Å²) >= 11 is 0. The first kappa shape index (κ1) is 80.7. The molecule has 1 amide bonds. The van der Waals surface area contributed by atoms with Crippen molar-refractivity contribution in [2.75, 3.05) is 159 Å². The minimum absolute atomic E-state index is 0.0234. The molecule has 3 saturated heterocycles. The van der Waals surface area contributed by atoms with Crippen molar-refractivity contribution in [3.63, 3.8) is 0 Å². The van der Waals surface area contributed by atoms with E-state index in [9.17, 15) is 14.7 Å². The first-order valence-corrected chi connectivity index (χ1v) is 37.5. The quantitative estimate of drug-likeness (QED) is 0.0329. The number of amides is 1. The number of rotatable bonds is 21. The number of aromatic nitrogens is 9. The van der Waals surface area contributed by atoms with Gasteiger partial charge < -0.3 is 85.0 Å². The Kier molecular flexibility index (Phi) is 28.3. The van der Waals surface area contributed by atoms with Crippen LogP contribution in [0.2, 0.25) is 0 Å². The van der Waals surface area contributed by atoms with Crippen molar-refractivity contribution in [3.05, 3.63) is 108 Å². The molecule has 0 bridgehead atoms. The van der Waals surface area contributed by atoms with E-state index >= 15 is 0 Å². The molecule has 28 heteroatoms. The van der Waals surface area contributed by atoms with E-state index in [0.717, 1.165) is 164 Å². The number of ketones is 1. The second kappa shape index (κ2) is 37.8. The molecule has 0 unspecified atom stereocenters. The van der Waals surface area contributed by atoms with Crippen LogP contribution in [0.1, 0.15) is 133 Å². The highest BCUT2D eigenvalue weighted by Gasteiger charge is 2.50. The van der Waals surface area contributed by atoms with Gasteiger partial charge in [0.1, 0.15) is 34.7 Å². The zero-order valence-electron chi connectivity index (χ0n) is 64.4. The molecule has 0 radical (unpaired) electrons. The fourth-order valence-corrected chi connectivity index (χ4v) is 12.6. The number of anilines is 6. The second-order valence-corrected chi connectivity index (χ2v) is 27.0. The minimum Gasteiger partial charge on any atom is -0.496 e. The molecule has 0 atom stereocenters. The van der Waals surface area contributed by atoms with Crippen LogP contribution >= 0.6 is 0 Å². The van der Waals surface area contributed by atoms with Crippen LogP contribution in [0.5, 0.6) is 17.2 Å². The molecule has 3 saturated carbocycles. The topological polar surface area (TPSA) is 353 Å². The summed E-state index contributed by atoms with van der Waals surface area (Å²) in [6.07, 6.45) is 9.85. The lowest BCUT2D eigenvalue weighted by Gasteiger charge is -2.33. The van der Waals surface area contributed by atoms with Crippen molar-refractivity contribution in [3.8, 4) is 51.0 Å². The van der Waals surface area contributed by atoms with Gasteiger partial charge in [-0.15, -0.1) is 0 Å². The van der Waals surface area contributed by atoms with Crippen molar-refractivity contribution in [2.45, 2.75) is 130 Å². The number of carbonyl (C=O) groups excluding carboxylic acids is 2. The summed E-state index contributed by atoms with van der Waals surface area (Å²) < 4.78 is 48.5. The molecule has 28 nitrogen and oxygen atoms in total. The Morgan fingerprint density at radius 1 is 0.463 bits per heavy atom. The summed E-state index contributed by atoms with van der Waals surface area (Å²) in [5, 5.41) is 14.4. The normalized spacial score (nSPS) is 15.9. The Hall–Kier alpha value is -9.81. The number of hydrogen-bond donors (Lipinski definition) is 5. The maximum atomic E-state index is 12.2. The van der Waals surface area contributed by atoms with Crippen LogP contribution in [-0.2, 0) is 35.0 Å². The molecular formula is C80H106N16O12. The summed E-state index contributed by atoms with van der Waals surface area (Å²) in [5.41, 5.74) is 26.5. The Balaban J connectivity index is 0.000000155. The molecule has 6 aliphatic rings. The maximum absolute atomic E-state index is 12.2. The van der Waals surface area contributed by atoms with E-state index in [0.29, 0.717) is 128 Å².